The van der Waals surface area contributed by atoms with Gasteiger partial charge in [-0.1, -0.05) is 18.2 Å². The maximum Gasteiger partial charge on any atom is 0.335 e. The zero-order chi connectivity index (χ0) is 19.6. The highest BCUT2D eigenvalue weighted by atomic mass is 16.4. The van der Waals surface area contributed by atoms with Gasteiger partial charge in [0.05, 0.1) is 22.6 Å². The number of benzene rings is 2. The van der Waals surface area contributed by atoms with Crippen molar-refractivity contribution in [1.29, 1.82) is 0 Å². The maximum atomic E-state index is 12.2. The number of nitrogens with one attached hydrogen (secondary N) is 1. The highest BCUT2D eigenvalue weighted by Gasteiger charge is 2.17. The molecule has 1 heterocycles. The molecule has 0 saturated carbocycles. The molecule has 2 aromatic carbocycles. The second-order valence-electron chi connectivity index (χ2n) is 5.68. The number of H-pyrrole nitrogens is 1. The Morgan fingerprint density at radius 2 is 1.67 bits per heavy atom. The predicted molar refractivity (Wildman–Crippen MR) is 99.6 cm³/mol. The molecule has 0 unspecified atom stereocenters. The number of carboxylic acid groups (broad SMARTS) is 1. The summed E-state index contributed by atoms with van der Waals surface area (Å²) in [6, 6.07) is 14.1. The summed E-state index contributed by atoms with van der Waals surface area (Å²) in [6.07, 6.45) is 0. The van der Waals surface area contributed by atoms with E-state index in [1.165, 1.54) is 31.2 Å². The summed E-state index contributed by atoms with van der Waals surface area (Å²) in [5, 5.41) is 19.5. The fourth-order valence-electron chi connectivity index (χ4n) is 2.60. The lowest BCUT2D eigenvalue weighted by atomic mass is 10.2. The number of aromatic carboxylic acids is 1. The largest absolute Gasteiger partial charge is 0.493 e. The topological polar surface area (TPSA) is 125 Å². The van der Waals surface area contributed by atoms with Crippen LogP contribution < -0.4 is 11.2 Å². The molecule has 0 aliphatic carbocycles. The Bertz CT molecular complexity index is 1140. The van der Waals surface area contributed by atoms with Crippen molar-refractivity contribution >= 4 is 17.4 Å². The molecular weight excluding hydrogens is 350 g/mol. The minimum atomic E-state index is -1.06. The molecule has 8 nitrogen and oxygen atoms in total. The van der Waals surface area contributed by atoms with Crippen LogP contribution in [0.4, 0.5) is 5.69 Å². The fraction of sp³-hybridized carbons (Fsp3) is 0.0526. The van der Waals surface area contributed by atoms with E-state index >= 15 is 0 Å². The van der Waals surface area contributed by atoms with E-state index in [9.17, 15) is 19.5 Å². The van der Waals surface area contributed by atoms with E-state index in [4.69, 9.17) is 5.11 Å². The van der Waals surface area contributed by atoms with Crippen LogP contribution in [0.5, 0.6) is 5.88 Å². The number of aromatic amines is 1. The van der Waals surface area contributed by atoms with Gasteiger partial charge >= 0.3 is 11.7 Å². The average Bonchev–Trinajstić information content (AvgIpc) is 2.62. The van der Waals surface area contributed by atoms with E-state index in [0.29, 0.717) is 11.4 Å². The molecule has 0 fully saturated rings. The van der Waals surface area contributed by atoms with E-state index in [-0.39, 0.29) is 16.8 Å². The minimum Gasteiger partial charge on any atom is -0.493 e. The van der Waals surface area contributed by atoms with Crippen molar-refractivity contribution in [2.24, 2.45) is 4.99 Å². The SMILES string of the molecule is CC(=Nc1ccc(C(=O)O)cc1)c1c(O)n(-c2ccccc2)c(=O)[nH]c1=O. The van der Waals surface area contributed by atoms with Crippen LogP contribution in [-0.2, 0) is 0 Å². The van der Waals surface area contributed by atoms with E-state index < -0.39 is 23.1 Å². The Morgan fingerprint density at radius 1 is 1.04 bits per heavy atom. The summed E-state index contributed by atoms with van der Waals surface area (Å²) in [5.41, 5.74) is -0.642. The van der Waals surface area contributed by atoms with Crippen molar-refractivity contribution < 1.29 is 15.0 Å². The summed E-state index contributed by atoms with van der Waals surface area (Å²) in [6.45, 7) is 1.51. The van der Waals surface area contributed by atoms with Gasteiger partial charge in [-0.3, -0.25) is 14.8 Å². The van der Waals surface area contributed by atoms with Crippen LogP contribution in [0.15, 0.2) is 69.2 Å². The third-order valence-electron chi connectivity index (χ3n) is 3.87. The molecule has 0 atom stereocenters. The lowest BCUT2D eigenvalue weighted by Crippen LogP contribution is -2.32. The number of aromatic nitrogens is 2. The summed E-state index contributed by atoms with van der Waals surface area (Å²) in [4.78, 5) is 41.7. The molecule has 0 saturated heterocycles. The summed E-state index contributed by atoms with van der Waals surface area (Å²) in [7, 11) is 0. The normalized spacial score (nSPS) is 11.4. The Morgan fingerprint density at radius 3 is 2.26 bits per heavy atom. The van der Waals surface area contributed by atoms with Crippen molar-refractivity contribution in [3.63, 3.8) is 0 Å². The van der Waals surface area contributed by atoms with Gasteiger partial charge in [-0.2, -0.15) is 0 Å². The molecule has 1 aromatic heterocycles. The van der Waals surface area contributed by atoms with Crippen LogP contribution in [0.1, 0.15) is 22.8 Å². The molecule has 136 valence electrons. The molecular formula is C19H15N3O5. The Labute approximate surface area is 152 Å². The number of carbonyl (C=O) groups is 1. The molecule has 0 bridgehead atoms. The standard InChI is InChI=1S/C19H15N3O5/c1-11(20-13-9-7-12(8-10-13)18(25)26)15-16(23)21-19(27)22(17(15)24)14-5-3-2-4-6-14/h2-10,24H,1H3,(H,25,26)(H,21,23,27). The van der Waals surface area contributed by atoms with Gasteiger partial charge in [0.25, 0.3) is 5.56 Å². The van der Waals surface area contributed by atoms with Gasteiger partial charge in [-0.15, -0.1) is 0 Å². The van der Waals surface area contributed by atoms with E-state index in [0.717, 1.165) is 4.57 Å². The van der Waals surface area contributed by atoms with Crippen LogP contribution in [0, 0.1) is 0 Å². The predicted octanol–water partition coefficient (Wildman–Crippen LogP) is 2.07. The van der Waals surface area contributed by atoms with E-state index in [2.05, 4.69) is 9.98 Å². The number of nitrogens with zero attached hydrogens (tertiary/aromatic N) is 2. The fourth-order valence-corrected chi connectivity index (χ4v) is 2.60. The quantitative estimate of drug-likeness (QED) is 0.611. The second kappa shape index (κ2) is 7.12. The first-order valence-electron chi connectivity index (χ1n) is 7.91. The van der Waals surface area contributed by atoms with Gasteiger partial charge in [0.2, 0.25) is 5.88 Å². The van der Waals surface area contributed by atoms with Crippen LogP contribution in [-0.4, -0.2) is 31.4 Å². The molecule has 0 spiro atoms. The molecule has 27 heavy (non-hydrogen) atoms. The van der Waals surface area contributed by atoms with Crippen LogP contribution >= 0.6 is 0 Å². The molecule has 0 aliphatic heterocycles. The third kappa shape index (κ3) is 3.54. The van der Waals surface area contributed by atoms with Gasteiger partial charge in [0, 0.05) is 0 Å². The van der Waals surface area contributed by atoms with Crippen molar-refractivity contribution in [3.05, 3.63) is 86.6 Å². The van der Waals surface area contributed by atoms with E-state index in [1.807, 2.05) is 0 Å². The lowest BCUT2D eigenvalue weighted by molar-refractivity contribution is 0.0697. The van der Waals surface area contributed by atoms with Crippen molar-refractivity contribution in [2.45, 2.75) is 6.92 Å². The van der Waals surface area contributed by atoms with Crippen molar-refractivity contribution in [1.82, 2.24) is 9.55 Å². The van der Waals surface area contributed by atoms with Crippen LogP contribution in [0.25, 0.3) is 5.69 Å². The molecule has 3 N–H and O–H groups in total. The highest BCUT2D eigenvalue weighted by Crippen LogP contribution is 2.20. The zero-order valence-electron chi connectivity index (χ0n) is 14.2. The maximum absolute atomic E-state index is 12.2. The smallest absolute Gasteiger partial charge is 0.335 e. The first-order chi connectivity index (χ1) is 12.9. The first kappa shape index (κ1) is 17.9. The van der Waals surface area contributed by atoms with Gasteiger partial charge in [0.15, 0.2) is 0 Å². The summed E-state index contributed by atoms with van der Waals surface area (Å²) in [5.74, 6) is -1.59. The first-order valence-corrected chi connectivity index (χ1v) is 7.91. The van der Waals surface area contributed by atoms with E-state index in [1.54, 1.807) is 30.3 Å². The number of aliphatic imine (C=N–C) groups is 1. The molecule has 0 radical (unpaired) electrons. The minimum absolute atomic E-state index is 0.102. The number of hydrogen-bond donors (Lipinski definition) is 3. The summed E-state index contributed by atoms with van der Waals surface area (Å²) < 4.78 is 0.975. The number of aromatic hydroxyl groups is 1. The Kier molecular flexibility index (Phi) is 4.71. The van der Waals surface area contributed by atoms with Gasteiger partial charge in [-0.05, 0) is 43.3 Å². The molecule has 0 amide bonds. The van der Waals surface area contributed by atoms with Crippen LogP contribution in [0.3, 0.4) is 0 Å². The second-order valence-corrected chi connectivity index (χ2v) is 5.68. The highest BCUT2D eigenvalue weighted by molar-refractivity contribution is 6.01. The molecule has 3 aromatic rings. The number of hydrogen-bond acceptors (Lipinski definition) is 5. The van der Waals surface area contributed by atoms with Gasteiger partial charge in [-0.25, -0.2) is 14.2 Å². The number of rotatable bonds is 4. The number of para-hydroxylation sites is 1. The number of carboxylic acids is 1. The van der Waals surface area contributed by atoms with Gasteiger partial charge < -0.3 is 10.2 Å². The lowest BCUT2D eigenvalue weighted by Gasteiger charge is -2.11. The third-order valence-corrected chi connectivity index (χ3v) is 3.87. The van der Waals surface area contributed by atoms with Crippen LogP contribution in [0.2, 0.25) is 0 Å². The molecule has 8 heteroatoms. The Balaban J connectivity index is 2.12. The average molecular weight is 365 g/mol. The van der Waals surface area contributed by atoms with Crippen molar-refractivity contribution in [3.8, 4) is 11.6 Å². The van der Waals surface area contributed by atoms with Gasteiger partial charge in [0.1, 0.15) is 5.56 Å². The summed E-state index contributed by atoms with van der Waals surface area (Å²) >= 11 is 0. The van der Waals surface area contributed by atoms with Crippen molar-refractivity contribution in [2.75, 3.05) is 0 Å². The zero-order valence-corrected chi connectivity index (χ0v) is 14.2. The molecule has 3 rings (SSSR count). The molecule has 0 aliphatic rings. The monoisotopic (exact) mass is 365 g/mol. The Hall–Kier alpha value is -3.94.